The smallest absolute Gasteiger partial charge is 0.255 e. The lowest BCUT2D eigenvalue weighted by molar-refractivity contribution is -0.119. The summed E-state index contributed by atoms with van der Waals surface area (Å²) in [5.74, 6) is 1.73. The van der Waals surface area contributed by atoms with Crippen LogP contribution in [0.3, 0.4) is 0 Å². The lowest BCUT2D eigenvalue weighted by Crippen LogP contribution is -2.40. The van der Waals surface area contributed by atoms with Gasteiger partial charge in [0.2, 0.25) is 0 Å². The minimum atomic E-state index is -0.478. The molecule has 3 N–H and O–H groups in total. The Morgan fingerprint density at radius 2 is 2.15 bits per heavy atom. The van der Waals surface area contributed by atoms with E-state index in [9.17, 15) is 4.79 Å². The van der Waals surface area contributed by atoms with Crippen LogP contribution in [-0.4, -0.2) is 63.3 Å². The number of likely N-dealkylation sites (tertiary alicyclic amines) is 1. The average molecular weight is 362 g/mol. The highest BCUT2D eigenvalue weighted by atomic mass is 16.5. The predicted molar refractivity (Wildman–Crippen MR) is 102 cm³/mol. The van der Waals surface area contributed by atoms with Gasteiger partial charge in [0.15, 0.2) is 12.6 Å². The van der Waals surface area contributed by atoms with Crippen molar-refractivity contribution in [2.24, 2.45) is 16.6 Å². The van der Waals surface area contributed by atoms with Gasteiger partial charge >= 0.3 is 0 Å². The van der Waals surface area contributed by atoms with E-state index in [1.807, 2.05) is 24.3 Å². The summed E-state index contributed by atoms with van der Waals surface area (Å²) in [6, 6.07) is 7.68. The van der Waals surface area contributed by atoms with Crippen LogP contribution >= 0.6 is 0 Å². The van der Waals surface area contributed by atoms with Crippen molar-refractivity contribution in [1.82, 2.24) is 10.2 Å². The highest BCUT2D eigenvalue weighted by Crippen LogP contribution is 2.16. The molecule has 1 aliphatic heterocycles. The number of amides is 1. The number of benzene rings is 1. The van der Waals surface area contributed by atoms with E-state index in [2.05, 4.69) is 17.1 Å². The molecule has 7 nitrogen and oxygen atoms in total. The minimum absolute atomic E-state index is 0.102. The fourth-order valence-corrected chi connectivity index (χ4v) is 3.02. The van der Waals surface area contributed by atoms with Gasteiger partial charge < -0.3 is 25.4 Å². The number of nitrogens with zero attached hydrogens (tertiary/aromatic N) is 2. The number of carbonyl (C=O) groups excluding carboxylic acids is 1. The standard InChI is InChI=1S/C19H30N4O3/c1-3-21-19(23-11-9-16(12-23)13-25-2)22-10-8-15-4-6-17(7-5-15)26-14-18(20)24/h4-7,16H,3,8-14H2,1-2H3,(H2,20,24)(H,21,22). The van der Waals surface area contributed by atoms with Gasteiger partial charge in [0.25, 0.3) is 5.91 Å². The number of nitrogens with two attached hydrogens (primary N) is 1. The number of nitrogens with one attached hydrogen (secondary N) is 1. The molecular formula is C19H30N4O3. The molecule has 1 aromatic carbocycles. The number of rotatable bonds is 9. The van der Waals surface area contributed by atoms with Gasteiger partial charge in [-0.15, -0.1) is 0 Å². The average Bonchev–Trinajstić information content (AvgIpc) is 3.09. The summed E-state index contributed by atoms with van der Waals surface area (Å²) in [7, 11) is 1.76. The molecule has 0 saturated carbocycles. The Morgan fingerprint density at radius 1 is 1.38 bits per heavy atom. The zero-order valence-corrected chi connectivity index (χ0v) is 15.7. The van der Waals surface area contributed by atoms with Crippen LogP contribution in [0, 0.1) is 5.92 Å². The van der Waals surface area contributed by atoms with Gasteiger partial charge in [0.1, 0.15) is 5.75 Å². The molecule has 0 aromatic heterocycles. The van der Waals surface area contributed by atoms with Crippen LogP contribution in [0.1, 0.15) is 18.9 Å². The van der Waals surface area contributed by atoms with Gasteiger partial charge in [-0.3, -0.25) is 9.79 Å². The second kappa shape index (κ2) is 10.7. The van der Waals surface area contributed by atoms with Crippen LogP contribution in [0.5, 0.6) is 5.75 Å². The SMILES string of the molecule is CCNC(=NCCc1ccc(OCC(N)=O)cc1)N1CCC(COC)C1. The fourth-order valence-electron chi connectivity index (χ4n) is 3.02. The third kappa shape index (κ3) is 6.55. The number of hydrogen-bond donors (Lipinski definition) is 2. The van der Waals surface area contributed by atoms with Crippen LogP contribution in [-0.2, 0) is 16.0 Å². The first-order chi connectivity index (χ1) is 12.6. The number of ether oxygens (including phenoxy) is 2. The predicted octanol–water partition coefficient (Wildman–Crippen LogP) is 1.03. The Labute approximate surface area is 155 Å². The number of carbonyl (C=O) groups is 1. The summed E-state index contributed by atoms with van der Waals surface area (Å²) >= 11 is 0. The third-order valence-corrected chi connectivity index (χ3v) is 4.29. The topological polar surface area (TPSA) is 89.2 Å². The molecule has 0 spiro atoms. The summed E-state index contributed by atoms with van der Waals surface area (Å²) in [6.07, 6.45) is 1.99. The van der Waals surface area contributed by atoms with E-state index in [0.29, 0.717) is 11.7 Å². The Kier molecular flexibility index (Phi) is 8.21. The van der Waals surface area contributed by atoms with Crippen molar-refractivity contribution < 1.29 is 14.3 Å². The number of primary amides is 1. The van der Waals surface area contributed by atoms with Crippen molar-refractivity contribution in [2.45, 2.75) is 19.8 Å². The fraction of sp³-hybridized carbons (Fsp3) is 0.579. The molecule has 1 amide bonds. The van der Waals surface area contributed by atoms with Crippen LogP contribution in [0.2, 0.25) is 0 Å². The lowest BCUT2D eigenvalue weighted by atomic mass is 10.1. The van der Waals surface area contributed by atoms with Gasteiger partial charge in [-0.1, -0.05) is 12.1 Å². The Morgan fingerprint density at radius 3 is 2.81 bits per heavy atom. The highest BCUT2D eigenvalue weighted by molar-refractivity contribution is 5.80. The molecule has 1 heterocycles. The summed E-state index contributed by atoms with van der Waals surface area (Å²) in [5, 5.41) is 3.38. The van der Waals surface area contributed by atoms with Crippen LogP contribution in [0.25, 0.3) is 0 Å². The van der Waals surface area contributed by atoms with Crippen LogP contribution in [0.15, 0.2) is 29.3 Å². The van der Waals surface area contributed by atoms with E-state index in [1.54, 1.807) is 7.11 Å². The zero-order chi connectivity index (χ0) is 18.8. The monoisotopic (exact) mass is 362 g/mol. The highest BCUT2D eigenvalue weighted by Gasteiger charge is 2.24. The molecule has 1 atom stereocenters. The molecule has 1 saturated heterocycles. The van der Waals surface area contributed by atoms with Crippen molar-refractivity contribution >= 4 is 11.9 Å². The van der Waals surface area contributed by atoms with E-state index in [-0.39, 0.29) is 6.61 Å². The van der Waals surface area contributed by atoms with E-state index in [4.69, 9.17) is 20.2 Å². The van der Waals surface area contributed by atoms with Gasteiger partial charge in [0.05, 0.1) is 6.61 Å². The molecule has 1 aromatic rings. The minimum Gasteiger partial charge on any atom is -0.484 e. The number of methoxy groups -OCH3 is 1. The normalized spacial score (nSPS) is 17.4. The largest absolute Gasteiger partial charge is 0.484 e. The maximum atomic E-state index is 10.7. The van der Waals surface area contributed by atoms with Gasteiger partial charge in [-0.25, -0.2) is 0 Å². The van der Waals surface area contributed by atoms with E-state index < -0.39 is 5.91 Å². The molecular weight excluding hydrogens is 332 g/mol. The van der Waals surface area contributed by atoms with Crippen LogP contribution in [0.4, 0.5) is 0 Å². The maximum Gasteiger partial charge on any atom is 0.255 e. The lowest BCUT2D eigenvalue weighted by Gasteiger charge is -2.21. The first-order valence-electron chi connectivity index (χ1n) is 9.14. The first-order valence-corrected chi connectivity index (χ1v) is 9.14. The second-order valence-corrected chi connectivity index (χ2v) is 6.44. The van der Waals surface area contributed by atoms with Crippen molar-refractivity contribution in [3.8, 4) is 5.75 Å². The van der Waals surface area contributed by atoms with E-state index in [0.717, 1.165) is 51.6 Å². The first kappa shape index (κ1) is 20.0. The summed E-state index contributed by atoms with van der Waals surface area (Å²) in [5.41, 5.74) is 6.25. The molecule has 7 heteroatoms. The molecule has 1 fully saturated rings. The van der Waals surface area contributed by atoms with Crippen molar-refractivity contribution in [3.63, 3.8) is 0 Å². The molecule has 144 valence electrons. The number of aliphatic imine (C=N–C) groups is 1. The van der Waals surface area contributed by atoms with E-state index in [1.165, 1.54) is 5.56 Å². The van der Waals surface area contributed by atoms with Crippen molar-refractivity contribution in [3.05, 3.63) is 29.8 Å². The van der Waals surface area contributed by atoms with Crippen molar-refractivity contribution in [2.75, 3.05) is 46.5 Å². The zero-order valence-electron chi connectivity index (χ0n) is 15.7. The van der Waals surface area contributed by atoms with E-state index >= 15 is 0 Å². The van der Waals surface area contributed by atoms with Crippen molar-refractivity contribution in [1.29, 1.82) is 0 Å². The van der Waals surface area contributed by atoms with Gasteiger partial charge in [0, 0.05) is 39.2 Å². The molecule has 26 heavy (non-hydrogen) atoms. The van der Waals surface area contributed by atoms with Crippen LogP contribution < -0.4 is 15.8 Å². The Bertz CT molecular complexity index is 589. The maximum absolute atomic E-state index is 10.7. The molecule has 0 aliphatic carbocycles. The Balaban J connectivity index is 1.84. The Hall–Kier alpha value is -2.28. The second-order valence-electron chi connectivity index (χ2n) is 6.44. The molecule has 0 bridgehead atoms. The number of hydrogen-bond acceptors (Lipinski definition) is 4. The molecule has 0 radical (unpaired) electrons. The molecule has 2 rings (SSSR count). The molecule has 1 aliphatic rings. The quantitative estimate of drug-likeness (QED) is 0.506. The third-order valence-electron chi connectivity index (χ3n) is 4.29. The van der Waals surface area contributed by atoms with Gasteiger partial charge in [-0.2, -0.15) is 0 Å². The number of guanidine groups is 1. The summed E-state index contributed by atoms with van der Waals surface area (Å²) in [4.78, 5) is 17.8. The summed E-state index contributed by atoms with van der Waals surface area (Å²) in [6.45, 7) is 6.38. The summed E-state index contributed by atoms with van der Waals surface area (Å²) < 4.78 is 10.5. The van der Waals surface area contributed by atoms with Gasteiger partial charge in [-0.05, 0) is 37.5 Å². The molecule has 1 unspecified atom stereocenters.